The standard InChI is InChI=1S/C13H13NO/c1-10-4-3-5-12(8-10)14-9-11(2)6-7-13(14)15/h3-9H,1-2H3/i2D3. The Morgan fingerprint density at radius 2 is 2.07 bits per heavy atom. The number of aryl methyl sites for hydroxylation is 2. The Balaban J connectivity index is 2.61. The molecule has 0 N–H and O–H groups in total. The molecule has 0 bridgehead atoms. The first kappa shape index (κ1) is 6.62. The maximum Gasteiger partial charge on any atom is 0.255 e. The lowest BCUT2D eigenvalue weighted by atomic mass is 10.2. The summed E-state index contributed by atoms with van der Waals surface area (Å²) in [4.78, 5) is 11.8. The maximum atomic E-state index is 11.8. The number of hydrogen-bond acceptors (Lipinski definition) is 1. The van der Waals surface area contributed by atoms with Crippen LogP contribution >= 0.6 is 0 Å². The molecule has 0 saturated heterocycles. The number of rotatable bonds is 1. The van der Waals surface area contributed by atoms with Crippen molar-refractivity contribution in [3.63, 3.8) is 0 Å². The lowest BCUT2D eigenvalue weighted by molar-refractivity contribution is 0.974. The van der Waals surface area contributed by atoms with E-state index in [4.69, 9.17) is 4.11 Å². The van der Waals surface area contributed by atoms with E-state index in [1.165, 1.54) is 22.9 Å². The molecule has 76 valence electrons. The van der Waals surface area contributed by atoms with Crippen molar-refractivity contribution in [1.82, 2.24) is 4.57 Å². The zero-order chi connectivity index (χ0) is 13.3. The third-order valence-corrected chi connectivity index (χ3v) is 2.19. The first-order valence-electron chi connectivity index (χ1n) is 6.18. The summed E-state index contributed by atoms with van der Waals surface area (Å²) in [6.07, 6.45) is 1.38. The summed E-state index contributed by atoms with van der Waals surface area (Å²) < 4.78 is 23.4. The molecule has 2 aromatic rings. The maximum absolute atomic E-state index is 11.8. The van der Waals surface area contributed by atoms with Gasteiger partial charge in [0.05, 0.1) is 0 Å². The van der Waals surface area contributed by atoms with Gasteiger partial charge in [-0.1, -0.05) is 18.2 Å². The van der Waals surface area contributed by atoms with Gasteiger partial charge >= 0.3 is 0 Å². The van der Waals surface area contributed by atoms with Crippen molar-refractivity contribution in [3.8, 4) is 5.69 Å². The highest BCUT2D eigenvalue weighted by Crippen LogP contribution is 2.08. The molecule has 1 heterocycles. The quantitative estimate of drug-likeness (QED) is 0.696. The molecule has 1 aromatic carbocycles. The summed E-state index contributed by atoms with van der Waals surface area (Å²) in [5, 5.41) is 0. The Bertz CT molecular complexity index is 629. The first-order valence-corrected chi connectivity index (χ1v) is 4.68. The monoisotopic (exact) mass is 202 g/mol. The largest absolute Gasteiger partial charge is 0.284 e. The molecule has 0 amide bonds. The van der Waals surface area contributed by atoms with E-state index in [0.717, 1.165) is 5.56 Å². The SMILES string of the molecule is [2H]C([2H])([2H])c1ccc(=O)n(-c2cccc(C)c2)c1. The van der Waals surface area contributed by atoms with Gasteiger partial charge in [0.1, 0.15) is 0 Å². The molecule has 15 heavy (non-hydrogen) atoms. The minimum atomic E-state index is -2.21. The molecule has 0 saturated carbocycles. The van der Waals surface area contributed by atoms with Gasteiger partial charge in [0.2, 0.25) is 0 Å². The van der Waals surface area contributed by atoms with Crippen LogP contribution in [-0.4, -0.2) is 4.57 Å². The summed E-state index contributed by atoms with van der Waals surface area (Å²) in [5.41, 5.74) is 1.60. The highest BCUT2D eigenvalue weighted by atomic mass is 16.1. The topological polar surface area (TPSA) is 22.0 Å². The van der Waals surface area contributed by atoms with E-state index in [2.05, 4.69) is 0 Å². The molecule has 0 aliphatic heterocycles. The molecule has 2 nitrogen and oxygen atoms in total. The molecule has 2 heteroatoms. The van der Waals surface area contributed by atoms with E-state index in [0.29, 0.717) is 5.69 Å². The van der Waals surface area contributed by atoms with Gasteiger partial charge in [-0.3, -0.25) is 9.36 Å². The van der Waals surface area contributed by atoms with Crippen molar-refractivity contribution in [3.05, 3.63) is 64.1 Å². The lowest BCUT2D eigenvalue weighted by Gasteiger charge is -2.06. The minimum absolute atomic E-state index is 0.156. The molecule has 1 aromatic heterocycles. The van der Waals surface area contributed by atoms with Gasteiger partial charge in [-0.05, 0) is 37.0 Å². The van der Waals surface area contributed by atoms with E-state index < -0.39 is 6.85 Å². The van der Waals surface area contributed by atoms with E-state index >= 15 is 0 Å². The van der Waals surface area contributed by atoms with Crippen LogP contribution in [0.2, 0.25) is 0 Å². The molecule has 0 unspecified atom stereocenters. The highest BCUT2D eigenvalue weighted by Gasteiger charge is 1.99. The van der Waals surface area contributed by atoms with Crippen molar-refractivity contribution in [2.45, 2.75) is 13.8 Å². The van der Waals surface area contributed by atoms with Gasteiger partial charge < -0.3 is 0 Å². The predicted molar refractivity (Wildman–Crippen MR) is 61.5 cm³/mol. The molecular weight excluding hydrogens is 186 g/mol. The average Bonchev–Trinajstić information content (AvgIpc) is 2.28. The fourth-order valence-electron chi connectivity index (χ4n) is 1.47. The smallest absolute Gasteiger partial charge is 0.255 e. The van der Waals surface area contributed by atoms with Crippen molar-refractivity contribution >= 4 is 0 Å². The third-order valence-electron chi connectivity index (χ3n) is 2.19. The first-order chi connectivity index (χ1) is 8.38. The minimum Gasteiger partial charge on any atom is -0.284 e. The van der Waals surface area contributed by atoms with Crippen molar-refractivity contribution in [1.29, 1.82) is 0 Å². The van der Waals surface area contributed by atoms with E-state index in [9.17, 15) is 4.79 Å². The molecule has 2 rings (SSSR count). The zero-order valence-corrected chi connectivity index (χ0v) is 8.40. The number of nitrogens with zero attached hydrogens (tertiary/aromatic N) is 1. The Morgan fingerprint density at radius 1 is 1.20 bits per heavy atom. The van der Waals surface area contributed by atoms with Gasteiger partial charge in [-0.25, -0.2) is 0 Å². The molecule has 0 atom stereocenters. The Hall–Kier alpha value is -1.83. The van der Waals surface area contributed by atoms with Crippen molar-refractivity contribution in [2.24, 2.45) is 0 Å². The molecular formula is C13H13NO. The molecule has 0 spiro atoms. The number of benzene rings is 1. The lowest BCUT2D eigenvalue weighted by Crippen LogP contribution is -2.16. The second-order valence-electron chi connectivity index (χ2n) is 3.47. The highest BCUT2D eigenvalue weighted by molar-refractivity contribution is 5.36. The summed E-state index contributed by atoms with van der Waals surface area (Å²) in [6, 6.07) is 10.00. The Kier molecular flexibility index (Phi) is 1.65. The normalized spacial score (nSPS) is 14.1. The van der Waals surface area contributed by atoms with Crippen LogP contribution in [0.4, 0.5) is 0 Å². The zero-order valence-electron chi connectivity index (χ0n) is 11.4. The summed E-state index contributed by atoms with van der Waals surface area (Å²) >= 11 is 0. The fourth-order valence-corrected chi connectivity index (χ4v) is 1.47. The third kappa shape index (κ3) is 1.99. The van der Waals surface area contributed by atoms with Crippen LogP contribution in [0.15, 0.2) is 47.4 Å². The van der Waals surface area contributed by atoms with E-state index in [-0.39, 0.29) is 11.1 Å². The second kappa shape index (κ2) is 3.73. The fraction of sp³-hybridized carbons (Fsp3) is 0.154. The number of pyridine rings is 1. The van der Waals surface area contributed by atoms with Crippen LogP contribution in [0.25, 0.3) is 5.69 Å². The summed E-state index contributed by atoms with van der Waals surface area (Å²) in [6.45, 7) is -0.290. The van der Waals surface area contributed by atoms with Crippen molar-refractivity contribution in [2.75, 3.05) is 0 Å². The molecule has 0 radical (unpaired) electrons. The van der Waals surface area contributed by atoms with Gasteiger partial charge in [-0.15, -0.1) is 0 Å². The van der Waals surface area contributed by atoms with Gasteiger partial charge in [-0.2, -0.15) is 0 Å². The van der Waals surface area contributed by atoms with Crippen LogP contribution in [0.5, 0.6) is 0 Å². The van der Waals surface area contributed by atoms with E-state index in [1.807, 2.05) is 25.1 Å². The van der Waals surface area contributed by atoms with Crippen LogP contribution < -0.4 is 5.56 Å². The van der Waals surface area contributed by atoms with Gasteiger partial charge in [0, 0.05) is 22.1 Å². The van der Waals surface area contributed by atoms with Crippen LogP contribution in [0.3, 0.4) is 0 Å². The van der Waals surface area contributed by atoms with Crippen LogP contribution in [-0.2, 0) is 0 Å². The average molecular weight is 202 g/mol. The number of aromatic nitrogens is 1. The van der Waals surface area contributed by atoms with Crippen LogP contribution in [0, 0.1) is 13.8 Å². The molecule has 0 aliphatic carbocycles. The Morgan fingerprint density at radius 3 is 2.80 bits per heavy atom. The van der Waals surface area contributed by atoms with Gasteiger partial charge in [0.25, 0.3) is 5.56 Å². The molecule has 0 aliphatic rings. The molecule has 0 fully saturated rings. The summed E-state index contributed by atoms with van der Waals surface area (Å²) in [5.74, 6) is 0. The van der Waals surface area contributed by atoms with Crippen LogP contribution in [0.1, 0.15) is 15.2 Å². The van der Waals surface area contributed by atoms with E-state index in [1.54, 1.807) is 6.07 Å². The van der Waals surface area contributed by atoms with Crippen molar-refractivity contribution < 1.29 is 4.11 Å². The Labute approximate surface area is 93.0 Å². The van der Waals surface area contributed by atoms with Gasteiger partial charge in [0.15, 0.2) is 0 Å². The summed E-state index contributed by atoms with van der Waals surface area (Å²) in [7, 11) is 0. The predicted octanol–water partition coefficient (Wildman–Crippen LogP) is 2.45. The number of hydrogen-bond donors (Lipinski definition) is 0. The second-order valence-corrected chi connectivity index (χ2v) is 3.47.